The second-order valence-electron chi connectivity index (χ2n) is 4.82. The van der Waals surface area contributed by atoms with Crippen molar-refractivity contribution in [1.82, 2.24) is 4.90 Å². The van der Waals surface area contributed by atoms with Crippen molar-refractivity contribution >= 4 is 33.9 Å². The zero-order chi connectivity index (χ0) is 16.7. The van der Waals surface area contributed by atoms with E-state index in [1.54, 1.807) is 19.2 Å². The average molecular weight is 378 g/mol. The van der Waals surface area contributed by atoms with Gasteiger partial charge < -0.3 is 14.1 Å². The molecule has 120 valence electrons. The fourth-order valence-corrected chi connectivity index (χ4v) is 2.12. The lowest BCUT2D eigenvalue weighted by Crippen LogP contribution is -2.30. The smallest absolute Gasteiger partial charge is 0.331 e. The summed E-state index contributed by atoms with van der Waals surface area (Å²) in [5.41, 5.74) is 1.01. The van der Waals surface area contributed by atoms with Gasteiger partial charge in [-0.1, -0.05) is 30.3 Å². The van der Waals surface area contributed by atoms with Crippen LogP contribution in [0.4, 0.5) is 0 Å². The number of carbonyl (C=O) groups excluding carboxylic acids is 2. The molecule has 5 nitrogen and oxygen atoms in total. The van der Waals surface area contributed by atoms with Gasteiger partial charge in [0, 0.05) is 19.7 Å². The Morgan fingerprint density at radius 2 is 1.96 bits per heavy atom. The number of esters is 1. The highest BCUT2D eigenvalue weighted by atomic mass is 79.9. The summed E-state index contributed by atoms with van der Waals surface area (Å²) in [6.45, 7) is 0.168. The van der Waals surface area contributed by atoms with Crippen LogP contribution in [0.2, 0.25) is 0 Å². The SMILES string of the molecule is CN(Cc1ccccc1)C(=O)COC(=O)C=Cc1ccc(Br)o1. The molecule has 0 atom stereocenters. The van der Waals surface area contributed by atoms with Gasteiger partial charge >= 0.3 is 5.97 Å². The molecular formula is C17H16BrNO4. The first-order valence-corrected chi connectivity index (χ1v) is 7.72. The molecule has 1 heterocycles. The maximum absolute atomic E-state index is 11.9. The van der Waals surface area contributed by atoms with Gasteiger partial charge in [0.1, 0.15) is 5.76 Å². The number of halogens is 1. The summed E-state index contributed by atoms with van der Waals surface area (Å²) in [6.07, 6.45) is 2.70. The number of furan rings is 1. The largest absolute Gasteiger partial charge is 0.452 e. The molecular weight excluding hydrogens is 362 g/mol. The normalized spacial score (nSPS) is 10.7. The predicted octanol–water partition coefficient (Wildman–Crippen LogP) is 3.26. The van der Waals surface area contributed by atoms with Gasteiger partial charge in [-0.25, -0.2) is 4.79 Å². The van der Waals surface area contributed by atoms with E-state index >= 15 is 0 Å². The molecule has 1 aromatic carbocycles. The third-order valence-electron chi connectivity index (χ3n) is 3.00. The van der Waals surface area contributed by atoms with E-state index in [0.29, 0.717) is 17.0 Å². The highest BCUT2D eigenvalue weighted by Crippen LogP contribution is 2.15. The first-order chi connectivity index (χ1) is 11.0. The Kier molecular flexibility index (Phi) is 6.17. The summed E-state index contributed by atoms with van der Waals surface area (Å²) in [4.78, 5) is 25.0. The third-order valence-corrected chi connectivity index (χ3v) is 3.43. The highest BCUT2D eigenvalue weighted by molar-refractivity contribution is 9.10. The highest BCUT2D eigenvalue weighted by Gasteiger charge is 2.11. The number of carbonyl (C=O) groups is 2. The molecule has 23 heavy (non-hydrogen) atoms. The Hall–Kier alpha value is -2.34. The zero-order valence-corrected chi connectivity index (χ0v) is 14.2. The lowest BCUT2D eigenvalue weighted by Gasteiger charge is -2.16. The van der Waals surface area contributed by atoms with E-state index in [0.717, 1.165) is 5.56 Å². The summed E-state index contributed by atoms with van der Waals surface area (Å²) in [6, 6.07) is 13.0. The fourth-order valence-electron chi connectivity index (χ4n) is 1.80. The molecule has 0 radical (unpaired) electrons. The van der Waals surface area contributed by atoms with E-state index in [4.69, 9.17) is 9.15 Å². The fraction of sp³-hybridized carbons (Fsp3) is 0.176. The number of benzene rings is 1. The molecule has 0 N–H and O–H groups in total. The zero-order valence-electron chi connectivity index (χ0n) is 12.6. The van der Waals surface area contributed by atoms with Gasteiger partial charge in [0.15, 0.2) is 11.3 Å². The van der Waals surface area contributed by atoms with E-state index in [1.165, 1.54) is 17.1 Å². The van der Waals surface area contributed by atoms with Crippen LogP contribution in [0.1, 0.15) is 11.3 Å². The minimum atomic E-state index is -0.598. The van der Waals surface area contributed by atoms with Crippen LogP contribution in [0.25, 0.3) is 6.08 Å². The van der Waals surface area contributed by atoms with Crippen molar-refractivity contribution in [3.8, 4) is 0 Å². The average Bonchev–Trinajstić information content (AvgIpc) is 2.97. The molecule has 0 spiro atoms. The molecule has 0 aliphatic carbocycles. The van der Waals surface area contributed by atoms with Crippen LogP contribution in [0.3, 0.4) is 0 Å². The Balaban J connectivity index is 1.77. The van der Waals surface area contributed by atoms with Gasteiger partial charge in [-0.15, -0.1) is 0 Å². The van der Waals surface area contributed by atoms with Crippen LogP contribution in [0.15, 0.2) is 57.6 Å². The van der Waals surface area contributed by atoms with Gasteiger partial charge in [-0.05, 0) is 39.7 Å². The Morgan fingerprint density at radius 3 is 2.61 bits per heavy atom. The summed E-state index contributed by atoms with van der Waals surface area (Å²) in [7, 11) is 1.67. The summed E-state index contributed by atoms with van der Waals surface area (Å²) < 4.78 is 10.7. The van der Waals surface area contributed by atoms with E-state index in [2.05, 4.69) is 15.9 Å². The third kappa shape index (κ3) is 5.75. The molecule has 0 saturated carbocycles. The van der Waals surface area contributed by atoms with Gasteiger partial charge in [-0.3, -0.25) is 4.79 Å². The van der Waals surface area contributed by atoms with E-state index in [1.807, 2.05) is 30.3 Å². The lowest BCUT2D eigenvalue weighted by atomic mass is 10.2. The van der Waals surface area contributed by atoms with Crippen molar-refractivity contribution in [3.05, 3.63) is 64.5 Å². The molecule has 0 fully saturated rings. The maximum Gasteiger partial charge on any atom is 0.331 e. The first kappa shape index (κ1) is 17.0. The molecule has 2 rings (SSSR count). The molecule has 1 aromatic heterocycles. The number of rotatable bonds is 6. The van der Waals surface area contributed by atoms with E-state index in [-0.39, 0.29) is 12.5 Å². The van der Waals surface area contributed by atoms with Gasteiger partial charge in [-0.2, -0.15) is 0 Å². The molecule has 0 bridgehead atoms. The summed E-state index contributed by atoms with van der Waals surface area (Å²) >= 11 is 3.17. The monoisotopic (exact) mass is 377 g/mol. The van der Waals surface area contributed by atoms with Gasteiger partial charge in [0.25, 0.3) is 5.91 Å². The molecule has 0 unspecified atom stereocenters. The molecule has 0 saturated heterocycles. The predicted molar refractivity (Wildman–Crippen MR) is 89.3 cm³/mol. The van der Waals surface area contributed by atoms with Crippen LogP contribution in [-0.4, -0.2) is 30.4 Å². The number of hydrogen-bond donors (Lipinski definition) is 0. The molecule has 0 aliphatic rings. The number of hydrogen-bond acceptors (Lipinski definition) is 4. The maximum atomic E-state index is 11.9. The van der Waals surface area contributed by atoms with Crippen LogP contribution >= 0.6 is 15.9 Å². The van der Waals surface area contributed by atoms with Crippen molar-refractivity contribution in [2.45, 2.75) is 6.54 Å². The topological polar surface area (TPSA) is 59.8 Å². The van der Waals surface area contributed by atoms with Crippen LogP contribution < -0.4 is 0 Å². The number of likely N-dealkylation sites (N-methyl/N-ethyl adjacent to an activating group) is 1. The summed E-state index contributed by atoms with van der Waals surface area (Å²) in [5, 5.41) is 0. The second-order valence-corrected chi connectivity index (χ2v) is 5.60. The molecule has 6 heteroatoms. The Morgan fingerprint density at radius 1 is 1.22 bits per heavy atom. The standard InChI is InChI=1S/C17H16BrNO4/c1-19(11-13-5-3-2-4-6-13)16(20)12-22-17(21)10-8-14-7-9-15(18)23-14/h2-10H,11-12H2,1H3. The van der Waals surface area contributed by atoms with Gasteiger partial charge in [0.05, 0.1) is 0 Å². The van der Waals surface area contributed by atoms with Crippen molar-refractivity contribution in [3.63, 3.8) is 0 Å². The Labute approximate surface area is 142 Å². The number of ether oxygens (including phenoxy) is 1. The quantitative estimate of drug-likeness (QED) is 0.572. The van der Waals surface area contributed by atoms with Crippen molar-refractivity contribution < 1.29 is 18.7 Å². The number of amides is 1. The van der Waals surface area contributed by atoms with Gasteiger partial charge in [0.2, 0.25) is 0 Å². The lowest BCUT2D eigenvalue weighted by molar-refractivity contribution is -0.147. The van der Waals surface area contributed by atoms with E-state index < -0.39 is 5.97 Å². The molecule has 0 aliphatic heterocycles. The van der Waals surface area contributed by atoms with Crippen molar-refractivity contribution in [1.29, 1.82) is 0 Å². The molecule has 2 aromatic rings. The number of nitrogens with zero attached hydrogens (tertiary/aromatic N) is 1. The minimum absolute atomic E-state index is 0.267. The van der Waals surface area contributed by atoms with Crippen LogP contribution in [0, 0.1) is 0 Å². The Bertz CT molecular complexity index is 694. The van der Waals surface area contributed by atoms with Crippen molar-refractivity contribution in [2.75, 3.05) is 13.7 Å². The van der Waals surface area contributed by atoms with Crippen molar-refractivity contribution in [2.24, 2.45) is 0 Å². The van der Waals surface area contributed by atoms with E-state index in [9.17, 15) is 9.59 Å². The van der Waals surface area contributed by atoms with Crippen LogP contribution in [-0.2, 0) is 20.9 Å². The second kappa shape index (κ2) is 8.33. The molecule has 1 amide bonds. The summed E-state index contributed by atoms with van der Waals surface area (Å²) in [5.74, 6) is -0.350. The minimum Gasteiger partial charge on any atom is -0.452 e. The van der Waals surface area contributed by atoms with Crippen LogP contribution in [0.5, 0.6) is 0 Å². The first-order valence-electron chi connectivity index (χ1n) is 6.92.